The molecule has 4 rings (SSSR count). The number of rotatable bonds is 1. The first-order chi connectivity index (χ1) is 11.7. The summed E-state index contributed by atoms with van der Waals surface area (Å²) in [6.07, 6.45) is 7.58. The van der Waals surface area contributed by atoms with E-state index in [9.17, 15) is 14.7 Å². The lowest BCUT2D eigenvalue weighted by Crippen LogP contribution is -2.58. The predicted molar refractivity (Wildman–Crippen MR) is 90.0 cm³/mol. The first-order valence-electron chi connectivity index (χ1n) is 9.16. The van der Waals surface area contributed by atoms with Crippen LogP contribution in [0.25, 0.3) is 0 Å². The molecule has 1 aliphatic heterocycles. The average molecular weight is 346 g/mol. The smallest absolute Gasteiger partial charge is 0.313 e. The van der Waals surface area contributed by atoms with Crippen molar-refractivity contribution in [3.63, 3.8) is 0 Å². The molecule has 1 saturated carbocycles. The third kappa shape index (κ3) is 2.07. The second kappa shape index (κ2) is 5.12. The molecule has 5 heteroatoms. The van der Waals surface area contributed by atoms with Crippen LogP contribution in [0.5, 0.6) is 0 Å². The Morgan fingerprint density at radius 2 is 1.96 bits per heavy atom. The van der Waals surface area contributed by atoms with Crippen molar-refractivity contribution in [2.24, 2.45) is 22.7 Å². The number of ether oxygens (including phenoxy) is 1. The maximum atomic E-state index is 12.4. The van der Waals surface area contributed by atoms with Crippen LogP contribution in [-0.4, -0.2) is 23.7 Å². The van der Waals surface area contributed by atoms with E-state index >= 15 is 0 Å². The molecule has 1 aromatic rings. The van der Waals surface area contributed by atoms with Gasteiger partial charge in [-0.1, -0.05) is 13.8 Å². The number of hydrogen-bond acceptors (Lipinski definition) is 4. The summed E-state index contributed by atoms with van der Waals surface area (Å²) in [5, 5.41) is 9.94. The molecular weight excluding hydrogens is 320 g/mol. The molecule has 2 heterocycles. The number of furan rings is 1. The highest BCUT2D eigenvalue weighted by Gasteiger charge is 2.63. The van der Waals surface area contributed by atoms with Gasteiger partial charge in [0.05, 0.1) is 18.9 Å². The maximum absolute atomic E-state index is 12.4. The Bertz CT molecular complexity index is 736. The lowest BCUT2D eigenvalue weighted by Gasteiger charge is -2.59. The number of carbonyl (C=O) groups is 2. The first-order valence-corrected chi connectivity index (χ1v) is 9.16. The predicted octanol–water partition coefficient (Wildman–Crippen LogP) is 3.55. The van der Waals surface area contributed by atoms with Crippen molar-refractivity contribution in [2.75, 3.05) is 6.61 Å². The fraction of sp³-hybridized carbons (Fsp3) is 0.700. The van der Waals surface area contributed by atoms with Gasteiger partial charge in [0, 0.05) is 0 Å². The van der Waals surface area contributed by atoms with Crippen LogP contribution in [0.4, 0.5) is 0 Å². The molecule has 0 spiro atoms. The van der Waals surface area contributed by atoms with Gasteiger partial charge in [0.2, 0.25) is 0 Å². The average Bonchev–Trinajstić information content (AvgIpc) is 2.98. The van der Waals surface area contributed by atoms with Crippen molar-refractivity contribution in [3.8, 4) is 0 Å². The van der Waals surface area contributed by atoms with Gasteiger partial charge in [-0.3, -0.25) is 9.59 Å². The van der Waals surface area contributed by atoms with Crippen LogP contribution in [0, 0.1) is 22.7 Å². The van der Waals surface area contributed by atoms with E-state index in [4.69, 9.17) is 9.15 Å². The quantitative estimate of drug-likeness (QED) is 0.787. The molecule has 1 unspecified atom stereocenters. The van der Waals surface area contributed by atoms with E-state index in [1.165, 1.54) is 11.1 Å². The van der Waals surface area contributed by atoms with Crippen LogP contribution < -0.4 is 0 Å². The van der Waals surface area contributed by atoms with E-state index in [0.717, 1.165) is 25.7 Å². The number of cyclic esters (lactones) is 1. The van der Waals surface area contributed by atoms with E-state index in [0.29, 0.717) is 6.42 Å². The van der Waals surface area contributed by atoms with E-state index in [2.05, 4.69) is 13.8 Å². The fourth-order valence-corrected chi connectivity index (χ4v) is 6.40. The standard InChI is InChI=1S/C20H26O5/c1-18-7-6-15-19(2,8-16(21)25-11-20(15,3)17(22)23)14(18)5-4-12-9-24-10-13(12)18/h9-10,14-15H,4-8,11H2,1-3H3,(H,22,23)/t14?,15-,18+,19-,20+/m1/s1. The molecule has 1 saturated heterocycles. The second-order valence-corrected chi connectivity index (χ2v) is 8.98. The van der Waals surface area contributed by atoms with Gasteiger partial charge in [-0.2, -0.15) is 0 Å². The third-order valence-corrected chi connectivity index (χ3v) is 7.69. The number of fused-ring (bicyclic) bond motifs is 5. The van der Waals surface area contributed by atoms with Gasteiger partial charge < -0.3 is 14.3 Å². The zero-order valence-electron chi connectivity index (χ0n) is 15.1. The molecule has 1 aromatic heterocycles. The van der Waals surface area contributed by atoms with Gasteiger partial charge in [-0.05, 0) is 66.4 Å². The highest BCUT2D eigenvalue weighted by atomic mass is 16.5. The van der Waals surface area contributed by atoms with Crippen molar-refractivity contribution in [1.29, 1.82) is 0 Å². The van der Waals surface area contributed by atoms with Gasteiger partial charge in [-0.25, -0.2) is 0 Å². The highest BCUT2D eigenvalue weighted by molar-refractivity contribution is 5.78. The second-order valence-electron chi connectivity index (χ2n) is 8.98. The van der Waals surface area contributed by atoms with Gasteiger partial charge in [-0.15, -0.1) is 0 Å². The Morgan fingerprint density at radius 1 is 1.20 bits per heavy atom. The van der Waals surface area contributed by atoms with Gasteiger partial charge in [0.15, 0.2) is 0 Å². The SMILES string of the molecule is C[C@@]12CC[C@H]3[C@@](C)(C(=O)O)COC(=O)C[C@]3(C)C1CCc1cocc12. The van der Waals surface area contributed by atoms with E-state index in [1.807, 2.05) is 12.5 Å². The number of aliphatic carboxylic acids is 1. The number of carboxylic acid groups (broad SMARTS) is 1. The first kappa shape index (κ1) is 16.7. The molecule has 2 aliphatic carbocycles. The van der Waals surface area contributed by atoms with Crippen molar-refractivity contribution < 1.29 is 23.8 Å². The summed E-state index contributed by atoms with van der Waals surface area (Å²) in [6, 6.07) is 0. The number of hydrogen-bond donors (Lipinski definition) is 1. The van der Waals surface area contributed by atoms with Gasteiger partial charge in [0.25, 0.3) is 0 Å². The maximum Gasteiger partial charge on any atom is 0.313 e. The monoisotopic (exact) mass is 346 g/mol. The summed E-state index contributed by atoms with van der Waals surface area (Å²) in [7, 11) is 0. The Hall–Kier alpha value is -1.78. The molecule has 0 amide bonds. The summed E-state index contributed by atoms with van der Waals surface area (Å²) in [5.41, 5.74) is 1.02. The zero-order chi connectivity index (χ0) is 18.0. The minimum atomic E-state index is -1.03. The summed E-state index contributed by atoms with van der Waals surface area (Å²) in [6.45, 7) is 6.12. The Balaban J connectivity index is 1.85. The molecule has 0 radical (unpaired) electrons. The van der Waals surface area contributed by atoms with Gasteiger partial charge >= 0.3 is 11.9 Å². The van der Waals surface area contributed by atoms with Crippen LogP contribution in [0.1, 0.15) is 57.6 Å². The number of aryl methyl sites for hydroxylation is 1. The molecule has 2 fully saturated rings. The van der Waals surface area contributed by atoms with Crippen molar-refractivity contribution >= 4 is 11.9 Å². The third-order valence-electron chi connectivity index (χ3n) is 7.69. The summed E-state index contributed by atoms with van der Waals surface area (Å²) in [5.74, 6) is -0.954. The van der Waals surface area contributed by atoms with Crippen LogP contribution in [0.15, 0.2) is 16.9 Å². The lowest BCUT2D eigenvalue weighted by atomic mass is 9.43. The molecule has 5 atom stereocenters. The van der Waals surface area contributed by atoms with E-state index < -0.39 is 11.4 Å². The van der Waals surface area contributed by atoms with Crippen LogP contribution in [-0.2, 0) is 26.2 Å². The Morgan fingerprint density at radius 3 is 2.68 bits per heavy atom. The van der Waals surface area contributed by atoms with E-state index in [1.54, 1.807) is 6.92 Å². The van der Waals surface area contributed by atoms with Crippen LogP contribution in [0.2, 0.25) is 0 Å². The fourth-order valence-electron chi connectivity index (χ4n) is 6.40. The Kier molecular flexibility index (Phi) is 3.41. The molecule has 3 aliphatic rings. The summed E-state index contributed by atoms with van der Waals surface area (Å²) in [4.78, 5) is 24.5. The zero-order valence-corrected chi connectivity index (χ0v) is 15.1. The molecule has 25 heavy (non-hydrogen) atoms. The minimum Gasteiger partial charge on any atom is -0.481 e. The molecule has 1 N–H and O–H groups in total. The Labute approximate surface area is 147 Å². The van der Waals surface area contributed by atoms with Crippen molar-refractivity contribution in [2.45, 2.75) is 58.3 Å². The normalized spacial score (nSPS) is 43.2. The summed E-state index contributed by atoms with van der Waals surface area (Å²) >= 11 is 0. The molecule has 136 valence electrons. The number of esters is 1. The molecule has 0 bridgehead atoms. The molecule has 5 nitrogen and oxygen atoms in total. The molecule has 0 aromatic carbocycles. The minimum absolute atomic E-state index is 0.0260. The van der Waals surface area contributed by atoms with E-state index in [-0.39, 0.29) is 35.2 Å². The largest absolute Gasteiger partial charge is 0.481 e. The number of carboxylic acids is 1. The number of carbonyl (C=O) groups excluding carboxylic acids is 1. The summed E-state index contributed by atoms with van der Waals surface area (Å²) < 4.78 is 10.9. The molecular formula is C20H26O5. The highest BCUT2D eigenvalue weighted by Crippen LogP contribution is 2.64. The van der Waals surface area contributed by atoms with Crippen molar-refractivity contribution in [3.05, 3.63) is 23.7 Å². The topological polar surface area (TPSA) is 76.7 Å². The van der Waals surface area contributed by atoms with Crippen molar-refractivity contribution in [1.82, 2.24) is 0 Å². The van der Waals surface area contributed by atoms with Gasteiger partial charge in [0.1, 0.15) is 12.0 Å². The van der Waals surface area contributed by atoms with Crippen LogP contribution >= 0.6 is 0 Å². The lowest BCUT2D eigenvalue weighted by molar-refractivity contribution is -0.164. The van der Waals surface area contributed by atoms with Crippen LogP contribution in [0.3, 0.4) is 0 Å².